The molecule has 1 aromatic rings. The number of rotatable bonds is 2. The summed E-state index contributed by atoms with van der Waals surface area (Å²) in [7, 11) is -4.04. The number of amides is 1. The third kappa shape index (κ3) is 4.33. The first-order valence-corrected chi connectivity index (χ1v) is 6.60. The van der Waals surface area contributed by atoms with E-state index in [2.05, 4.69) is 0 Å². The number of carbonyl (C=O) groups excluding carboxylic acids is 1. The highest BCUT2D eigenvalue weighted by Crippen LogP contribution is 2.11. The average molecular weight is 275 g/mol. The van der Waals surface area contributed by atoms with Crippen molar-refractivity contribution in [3.63, 3.8) is 0 Å². The number of ether oxygens (including phenoxy) is 1. The Morgan fingerprint density at radius 1 is 1.22 bits per heavy atom. The summed E-state index contributed by atoms with van der Waals surface area (Å²) in [6, 6.07) is 4.09. The van der Waals surface area contributed by atoms with E-state index in [9.17, 15) is 17.6 Å². The molecule has 1 amide bonds. The van der Waals surface area contributed by atoms with Crippen LogP contribution in [0.4, 0.5) is 9.18 Å². The number of hydrogen-bond donors (Lipinski definition) is 1. The van der Waals surface area contributed by atoms with Crippen LogP contribution < -0.4 is 4.72 Å². The molecule has 18 heavy (non-hydrogen) atoms. The summed E-state index contributed by atoms with van der Waals surface area (Å²) < 4.78 is 42.6. The van der Waals surface area contributed by atoms with E-state index in [1.807, 2.05) is 0 Å². The second-order valence-electron chi connectivity index (χ2n) is 4.56. The minimum Gasteiger partial charge on any atom is -0.443 e. The zero-order valence-corrected chi connectivity index (χ0v) is 11.0. The Kier molecular flexibility index (Phi) is 3.95. The van der Waals surface area contributed by atoms with Gasteiger partial charge in [-0.1, -0.05) is 0 Å². The summed E-state index contributed by atoms with van der Waals surface area (Å²) >= 11 is 0. The van der Waals surface area contributed by atoms with Crippen LogP contribution in [0, 0.1) is 5.82 Å². The van der Waals surface area contributed by atoms with Crippen molar-refractivity contribution in [2.45, 2.75) is 31.3 Å². The summed E-state index contributed by atoms with van der Waals surface area (Å²) in [5.41, 5.74) is -0.803. The predicted octanol–water partition coefficient (Wildman–Crippen LogP) is 2.04. The van der Waals surface area contributed by atoms with Gasteiger partial charge in [-0.15, -0.1) is 0 Å². The summed E-state index contributed by atoms with van der Waals surface area (Å²) in [6.45, 7) is 4.82. The Morgan fingerprint density at radius 2 is 1.72 bits per heavy atom. The van der Waals surface area contributed by atoms with Gasteiger partial charge in [0, 0.05) is 0 Å². The van der Waals surface area contributed by atoms with E-state index in [1.165, 1.54) is 0 Å². The van der Waals surface area contributed by atoms with E-state index in [0.717, 1.165) is 24.3 Å². The molecule has 1 N–H and O–H groups in total. The van der Waals surface area contributed by atoms with Gasteiger partial charge in [-0.2, -0.15) is 0 Å². The van der Waals surface area contributed by atoms with E-state index in [-0.39, 0.29) is 4.90 Å². The largest absolute Gasteiger partial charge is 0.443 e. The van der Waals surface area contributed by atoms with Crippen molar-refractivity contribution in [1.29, 1.82) is 0 Å². The third-order valence-corrected chi connectivity index (χ3v) is 3.07. The van der Waals surface area contributed by atoms with Crippen molar-refractivity contribution in [3.05, 3.63) is 30.1 Å². The predicted molar refractivity (Wildman–Crippen MR) is 63.0 cm³/mol. The van der Waals surface area contributed by atoms with Gasteiger partial charge >= 0.3 is 6.09 Å². The van der Waals surface area contributed by atoms with E-state index >= 15 is 0 Å². The molecule has 0 heterocycles. The van der Waals surface area contributed by atoms with Crippen molar-refractivity contribution in [3.8, 4) is 0 Å². The van der Waals surface area contributed by atoms with Gasteiger partial charge in [-0.05, 0) is 45.0 Å². The van der Waals surface area contributed by atoms with Crippen LogP contribution in [-0.2, 0) is 14.8 Å². The first-order chi connectivity index (χ1) is 8.10. The molecule has 0 fully saturated rings. The van der Waals surface area contributed by atoms with Crippen LogP contribution in [0.1, 0.15) is 20.8 Å². The number of sulfonamides is 1. The van der Waals surface area contributed by atoms with Gasteiger partial charge in [-0.3, -0.25) is 0 Å². The number of carbonyl (C=O) groups is 1. The molecule has 0 bridgehead atoms. The molecular weight excluding hydrogens is 261 g/mol. The normalized spacial score (nSPS) is 12.0. The maximum Gasteiger partial charge on any atom is 0.421 e. The Morgan fingerprint density at radius 3 is 2.17 bits per heavy atom. The third-order valence-electron chi connectivity index (χ3n) is 1.74. The highest BCUT2D eigenvalue weighted by molar-refractivity contribution is 7.90. The molecule has 100 valence electrons. The maximum absolute atomic E-state index is 12.7. The molecule has 1 rings (SSSR count). The maximum atomic E-state index is 12.7. The molecule has 0 atom stereocenters. The number of hydrogen-bond acceptors (Lipinski definition) is 4. The summed E-state index contributed by atoms with van der Waals surface area (Å²) in [4.78, 5) is 11.1. The van der Waals surface area contributed by atoms with E-state index < -0.39 is 27.5 Å². The fraction of sp³-hybridized carbons (Fsp3) is 0.364. The molecular formula is C11H14FNO4S. The number of halogens is 1. The van der Waals surface area contributed by atoms with E-state index in [4.69, 9.17) is 4.74 Å². The Labute approximate surface area is 105 Å². The minimum absolute atomic E-state index is 0.213. The lowest BCUT2D eigenvalue weighted by Crippen LogP contribution is -2.36. The van der Waals surface area contributed by atoms with Crippen molar-refractivity contribution in [2.24, 2.45) is 0 Å². The van der Waals surface area contributed by atoms with Crippen molar-refractivity contribution >= 4 is 16.1 Å². The summed E-state index contributed by atoms with van der Waals surface area (Å²) in [6.07, 6.45) is -1.08. The monoisotopic (exact) mass is 275 g/mol. The molecule has 0 saturated heterocycles. The molecule has 0 saturated carbocycles. The lowest BCUT2D eigenvalue weighted by Gasteiger charge is -2.19. The topological polar surface area (TPSA) is 72.5 Å². The van der Waals surface area contributed by atoms with Crippen molar-refractivity contribution in [1.82, 2.24) is 4.72 Å². The van der Waals surface area contributed by atoms with Gasteiger partial charge in [0.05, 0.1) is 4.90 Å². The van der Waals surface area contributed by atoms with Crippen LogP contribution in [-0.4, -0.2) is 20.1 Å². The number of benzene rings is 1. The van der Waals surface area contributed by atoms with Crippen LogP contribution in [0.15, 0.2) is 29.2 Å². The van der Waals surface area contributed by atoms with Gasteiger partial charge in [0.1, 0.15) is 11.4 Å². The SMILES string of the molecule is CC(C)(C)OC(=O)NS(=O)(=O)c1ccc(F)cc1. The molecule has 0 spiro atoms. The lowest BCUT2D eigenvalue weighted by atomic mass is 10.2. The quantitative estimate of drug-likeness (QED) is 0.896. The minimum atomic E-state index is -4.04. The lowest BCUT2D eigenvalue weighted by molar-refractivity contribution is 0.0570. The summed E-state index contributed by atoms with van der Waals surface area (Å²) in [5, 5.41) is 0. The van der Waals surface area contributed by atoms with Crippen LogP contribution in [0.3, 0.4) is 0 Å². The second-order valence-corrected chi connectivity index (χ2v) is 6.24. The molecule has 0 aliphatic rings. The van der Waals surface area contributed by atoms with Gasteiger partial charge < -0.3 is 4.74 Å². The molecule has 0 aliphatic heterocycles. The Hall–Kier alpha value is -1.63. The smallest absolute Gasteiger partial charge is 0.421 e. The van der Waals surface area contributed by atoms with E-state index in [1.54, 1.807) is 25.5 Å². The Balaban J connectivity index is 2.83. The molecule has 7 heteroatoms. The molecule has 0 unspecified atom stereocenters. The van der Waals surface area contributed by atoms with Crippen molar-refractivity contribution in [2.75, 3.05) is 0 Å². The van der Waals surface area contributed by atoms with Crippen LogP contribution in [0.5, 0.6) is 0 Å². The van der Waals surface area contributed by atoms with Gasteiger partial charge in [0.15, 0.2) is 0 Å². The van der Waals surface area contributed by atoms with Crippen LogP contribution in [0.2, 0.25) is 0 Å². The van der Waals surface area contributed by atoms with Gasteiger partial charge in [0.2, 0.25) is 0 Å². The summed E-state index contributed by atoms with van der Waals surface area (Å²) in [5.74, 6) is -0.564. The van der Waals surface area contributed by atoms with Crippen LogP contribution >= 0.6 is 0 Å². The molecule has 1 aromatic carbocycles. The zero-order valence-electron chi connectivity index (χ0n) is 10.2. The van der Waals surface area contributed by atoms with Gasteiger partial charge in [-0.25, -0.2) is 22.3 Å². The highest BCUT2D eigenvalue weighted by Gasteiger charge is 2.22. The highest BCUT2D eigenvalue weighted by atomic mass is 32.2. The molecule has 0 radical (unpaired) electrons. The van der Waals surface area contributed by atoms with Crippen molar-refractivity contribution < 1.29 is 22.3 Å². The average Bonchev–Trinajstić information content (AvgIpc) is 2.13. The molecule has 5 nitrogen and oxygen atoms in total. The second kappa shape index (κ2) is 4.93. The Bertz CT molecular complexity index is 531. The number of nitrogens with one attached hydrogen (secondary N) is 1. The first kappa shape index (κ1) is 14.4. The molecule has 0 aliphatic carbocycles. The molecule has 0 aromatic heterocycles. The van der Waals surface area contributed by atoms with E-state index in [0.29, 0.717) is 0 Å². The standard InChI is InChI=1S/C11H14FNO4S/c1-11(2,3)17-10(14)13-18(15,16)9-6-4-8(12)5-7-9/h4-7H,1-3H3,(H,13,14). The van der Waals surface area contributed by atoms with Gasteiger partial charge in [0.25, 0.3) is 10.0 Å². The van der Waals surface area contributed by atoms with Crippen LogP contribution in [0.25, 0.3) is 0 Å². The fourth-order valence-corrected chi connectivity index (χ4v) is 1.95. The zero-order chi connectivity index (χ0) is 14.0. The first-order valence-electron chi connectivity index (χ1n) is 5.11. The fourth-order valence-electron chi connectivity index (χ4n) is 1.08.